The van der Waals surface area contributed by atoms with Gasteiger partial charge in [-0.1, -0.05) is 400 Å². The highest BCUT2D eigenvalue weighted by molar-refractivity contribution is 7.47. The Morgan fingerprint density at radius 3 is 0.850 bits per heavy atom. The Balaban J connectivity index is 3.89. The van der Waals surface area contributed by atoms with Crippen LogP contribution in [0.4, 0.5) is 0 Å². The number of likely N-dealkylation sites (N-methyl/N-ethyl adjacent to an activating group) is 1. The predicted molar refractivity (Wildman–Crippen MR) is 436 cm³/mol. The van der Waals surface area contributed by atoms with Crippen molar-refractivity contribution in [3.05, 3.63) is 97.2 Å². The molecule has 0 heterocycles. The molecular weight excluding hydrogens is 1250 g/mol. The van der Waals surface area contributed by atoms with Gasteiger partial charge >= 0.3 is 19.8 Å². The van der Waals surface area contributed by atoms with Crippen molar-refractivity contribution >= 4 is 19.8 Å². The van der Waals surface area contributed by atoms with Gasteiger partial charge in [-0.05, 0) is 96.3 Å². The molecule has 0 radical (unpaired) electrons. The molecule has 0 aromatic rings. The van der Waals surface area contributed by atoms with E-state index in [2.05, 4.69) is 111 Å². The number of phosphoric acid groups is 1. The van der Waals surface area contributed by atoms with Crippen LogP contribution in [0.5, 0.6) is 0 Å². The third-order valence-corrected chi connectivity index (χ3v) is 20.1. The molecule has 582 valence electrons. The molecule has 9 nitrogen and oxygen atoms in total. The Bertz CT molecular complexity index is 2010. The van der Waals surface area contributed by atoms with Gasteiger partial charge in [0.25, 0.3) is 0 Å². The quantitative estimate of drug-likeness (QED) is 0.0211. The largest absolute Gasteiger partial charge is 0.472 e. The summed E-state index contributed by atoms with van der Waals surface area (Å²) in [7, 11) is 1.49. The third-order valence-electron chi connectivity index (χ3n) is 19.1. The summed E-state index contributed by atoms with van der Waals surface area (Å²) in [6.07, 6.45) is 113. The number of carbonyl (C=O) groups excluding carboxylic acids is 2. The van der Waals surface area contributed by atoms with Crippen molar-refractivity contribution in [2.45, 2.75) is 418 Å². The summed E-state index contributed by atoms with van der Waals surface area (Å²) in [4.78, 5) is 36.0. The third kappa shape index (κ3) is 83.9. The molecule has 100 heavy (non-hydrogen) atoms. The second-order valence-corrected chi connectivity index (χ2v) is 31.6. The highest BCUT2D eigenvalue weighted by Gasteiger charge is 2.27. The van der Waals surface area contributed by atoms with Gasteiger partial charge in [0.15, 0.2) is 6.10 Å². The van der Waals surface area contributed by atoms with Crippen LogP contribution >= 0.6 is 7.82 Å². The zero-order chi connectivity index (χ0) is 72.5. The second-order valence-electron chi connectivity index (χ2n) is 30.2. The van der Waals surface area contributed by atoms with Crippen molar-refractivity contribution in [2.75, 3.05) is 47.5 Å². The van der Waals surface area contributed by atoms with Crippen LogP contribution in [0.2, 0.25) is 0 Å². The maximum atomic E-state index is 12.9. The average Bonchev–Trinajstić information content (AvgIpc) is 1.07. The summed E-state index contributed by atoms with van der Waals surface area (Å²) in [6.45, 7) is 4.37. The Labute approximate surface area is 621 Å². The second kappa shape index (κ2) is 80.0. The van der Waals surface area contributed by atoms with Crippen LogP contribution < -0.4 is 0 Å². The van der Waals surface area contributed by atoms with Crippen LogP contribution in [0.1, 0.15) is 412 Å². The number of unbranched alkanes of at least 4 members (excludes halogenated alkanes) is 50. The molecule has 2 unspecified atom stereocenters. The predicted octanol–water partition coefficient (Wildman–Crippen LogP) is 29.0. The molecule has 0 spiro atoms. The van der Waals surface area contributed by atoms with Gasteiger partial charge in [0.05, 0.1) is 27.7 Å². The van der Waals surface area contributed by atoms with Gasteiger partial charge in [-0.2, -0.15) is 0 Å². The molecule has 0 rings (SSSR count). The van der Waals surface area contributed by atoms with E-state index in [4.69, 9.17) is 18.5 Å². The molecule has 2 atom stereocenters. The number of carbonyl (C=O) groups is 2. The Morgan fingerprint density at radius 1 is 0.320 bits per heavy atom. The first kappa shape index (κ1) is 96.9. The molecule has 10 heteroatoms. The summed E-state index contributed by atoms with van der Waals surface area (Å²) >= 11 is 0. The molecule has 1 N–H and O–H groups in total. The topological polar surface area (TPSA) is 108 Å². The van der Waals surface area contributed by atoms with E-state index in [0.717, 1.165) is 77.0 Å². The molecule has 0 fully saturated rings. The zero-order valence-corrected chi connectivity index (χ0v) is 67.6. The first-order valence-corrected chi connectivity index (χ1v) is 44.5. The van der Waals surface area contributed by atoms with Gasteiger partial charge in [0.1, 0.15) is 19.8 Å². The van der Waals surface area contributed by atoms with Crippen molar-refractivity contribution < 1.29 is 42.1 Å². The number of quaternary nitrogens is 1. The van der Waals surface area contributed by atoms with E-state index in [9.17, 15) is 19.0 Å². The molecule has 0 amide bonds. The Morgan fingerprint density at radius 2 is 0.570 bits per heavy atom. The van der Waals surface area contributed by atoms with E-state index in [-0.39, 0.29) is 25.6 Å². The zero-order valence-electron chi connectivity index (χ0n) is 66.7. The molecule has 0 bridgehead atoms. The standard InChI is InChI=1S/C90H164NO8P/c1-6-8-10-12-14-16-18-20-22-24-26-28-30-32-34-36-38-40-42-44-45-47-49-51-53-55-57-59-61-63-65-67-69-71-73-75-77-79-81-83-90(93)99-88(87-98-100(94,95)97-85-84-91(3,4)5)86-96-89(92)82-80-78-76-74-72-70-68-66-64-62-60-58-56-54-52-50-48-46-43-41-39-37-35-33-31-29-27-25-23-21-19-17-15-13-11-9-7-2/h8,10,14,16,19-22,25-28,32,34,38,40,88H,6-7,9,11-13,15,17-18,23-24,29-31,33,35-37,39,41-87H2,1-5H3/p+1/b10-8-,16-14-,21-19-,22-20-,27-25-,28-26-,34-32-,40-38-. The Kier molecular flexibility index (Phi) is 77.6. The van der Waals surface area contributed by atoms with Crippen molar-refractivity contribution in [2.24, 2.45) is 0 Å². The lowest BCUT2D eigenvalue weighted by Gasteiger charge is -2.24. The molecule has 0 aliphatic rings. The smallest absolute Gasteiger partial charge is 0.462 e. The number of phosphoric ester groups is 1. The first-order valence-electron chi connectivity index (χ1n) is 43.0. The maximum absolute atomic E-state index is 12.9. The van der Waals surface area contributed by atoms with E-state index in [0.29, 0.717) is 23.9 Å². The van der Waals surface area contributed by atoms with Crippen molar-refractivity contribution in [3.8, 4) is 0 Å². The minimum atomic E-state index is -4.40. The van der Waals surface area contributed by atoms with E-state index in [1.54, 1.807) is 0 Å². The minimum Gasteiger partial charge on any atom is -0.462 e. The number of nitrogens with zero attached hydrogens (tertiary/aromatic N) is 1. The fourth-order valence-corrected chi connectivity index (χ4v) is 13.3. The molecule has 0 saturated carbocycles. The monoisotopic (exact) mass is 1420 g/mol. The lowest BCUT2D eigenvalue weighted by atomic mass is 10.0. The number of allylic oxidation sites excluding steroid dienone is 16. The van der Waals surface area contributed by atoms with Crippen LogP contribution in [0.25, 0.3) is 0 Å². The van der Waals surface area contributed by atoms with Gasteiger partial charge < -0.3 is 18.9 Å². The summed E-state index contributed by atoms with van der Waals surface area (Å²) < 4.78 is 34.9. The SMILES string of the molecule is CC/C=C\C/C=C\C/C=C\C/C=C\C/C=C\C/C=C\CCCCCCCCCCCCCCCCCCCCCCC(=O)OC(COC(=O)CCCCCCCCCCCCCCCCCCCCCCCCCCC/C=C\C/C=C\CCCCCCC)COP(=O)(O)OCC[N+](C)(C)C. The van der Waals surface area contributed by atoms with E-state index in [1.807, 2.05) is 21.1 Å². The van der Waals surface area contributed by atoms with Crippen LogP contribution in [0.15, 0.2) is 97.2 Å². The lowest BCUT2D eigenvalue weighted by molar-refractivity contribution is -0.870. The number of rotatable bonds is 80. The van der Waals surface area contributed by atoms with Gasteiger partial charge in [-0.25, -0.2) is 4.57 Å². The normalized spacial score (nSPS) is 13.5. The highest BCUT2D eigenvalue weighted by Crippen LogP contribution is 2.43. The molecule has 0 aliphatic carbocycles. The minimum absolute atomic E-state index is 0.0325. The first-order chi connectivity index (χ1) is 49.0. The summed E-state index contributed by atoms with van der Waals surface area (Å²) in [6, 6.07) is 0. The lowest BCUT2D eigenvalue weighted by Crippen LogP contribution is -2.37. The Hall–Kier alpha value is -3.07. The summed E-state index contributed by atoms with van der Waals surface area (Å²) in [5.41, 5.74) is 0. The van der Waals surface area contributed by atoms with Crippen LogP contribution in [0, 0.1) is 0 Å². The number of esters is 2. The van der Waals surface area contributed by atoms with E-state index >= 15 is 0 Å². The van der Waals surface area contributed by atoms with Crippen LogP contribution in [-0.4, -0.2) is 74.9 Å². The van der Waals surface area contributed by atoms with Gasteiger partial charge in [0.2, 0.25) is 0 Å². The van der Waals surface area contributed by atoms with Gasteiger partial charge in [0, 0.05) is 12.8 Å². The fraction of sp³-hybridized carbons (Fsp3) is 0.800. The van der Waals surface area contributed by atoms with Gasteiger partial charge in [-0.15, -0.1) is 0 Å². The molecular formula is C90H165NO8P+. The summed E-state index contributed by atoms with van der Waals surface area (Å²) in [5, 5.41) is 0. The van der Waals surface area contributed by atoms with Crippen molar-refractivity contribution in [1.82, 2.24) is 0 Å². The highest BCUT2D eigenvalue weighted by atomic mass is 31.2. The molecule has 0 aliphatic heterocycles. The maximum Gasteiger partial charge on any atom is 0.472 e. The van der Waals surface area contributed by atoms with Crippen molar-refractivity contribution in [3.63, 3.8) is 0 Å². The fourth-order valence-electron chi connectivity index (χ4n) is 12.6. The van der Waals surface area contributed by atoms with Crippen LogP contribution in [-0.2, 0) is 32.7 Å². The summed E-state index contributed by atoms with van der Waals surface area (Å²) in [5.74, 6) is -0.776. The average molecular weight is 1420 g/mol. The van der Waals surface area contributed by atoms with E-state index < -0.39 is 26.5 Å². The number of hydrogen-bond donors (Lipinski definition) is 1. The van der Waals surface area contributed by atoms with E-state index in [1.165, 1.54) is 302 Å². The van der Waals surface area contributed by atoms with Gasteiger partial charge in [-0.3, -0.25) is 18.6 Å². The molecule has 0 saturated heterocycles. The van der Waals surface area contributed by atoms with Crippen LogP contribution in [0.3, 0.4) is 0 Å². The van der Waals surface area contributed by atoms with Crippen molar-refractivity contribution in [1.29, 1.82) is 0 Å². The molecule has 0 aromatic heterocycles. The molecule has 0 aromatic carbocycles. The number of hydrogen-bond acceptors (Lipinski definition) is 7. The number of ether oxygens (including phenoxy) is 2.